The standard InChI is InChI=1S/C15H12O2/c16-15(17)9-14-12-7-3-1-5-10(12)11-6-2-4-8-13(11)14/h1-8,14H,9H2,(H,16,17)/p-1. The van der Waals surface area contributed by atoms with E-state index in [1.165, 1.54) is 0 Å². The summed E-state index contributed by atoms with van der Waals surface area (Å²) in [5.74, 6) is -1.06. The van der Waals surface area contributed by atoms with Crippen molar-refractivity contribution < 1.29 is 9.90 Å². The van der Waals surface area contributed by atoms with E-state index in [4.69, 9.17) is 0 Å². The zero-order chi connectivity index (χ0) is 11.8. The molecule has 0 amide bonds. The minimum absolute atomic E-state index is 0.0496. The van der Waals surface area contributed by atoms with Crippen LogP contribution < -0.4 is 5.11 Å². The Labute approximate surface area is 99.5 Å². The zero-order valence-corrected chi connectivity index (χ0v) is 9.22. The lowest BCUT2D eigenvalue weighted by Crippen LogP contribution is -2.24. The predicted molar refractivity (Wildman–Crippen MR) is 63.3 cm³/mol. The van der Waals surface area contributed by atoms with Crippen LogP contribution in [0.4, 0.5) is 0 Å². The molecule has 0 atom stereocenters. The van der Waals surface area contributed by atoms with E-state index < -0.39 is 5.97 Å². The average Bonchev–Trinajstić information content (AvgIpc) is 2.65. The molecule has 0 aromatic heterocycles. The summed E-state index contributed by atoms with van der Waals surface area (Å²) in [6.07, 6.45) is 0.0496. The molecule has 2 aromatic carbocycles. The van der Waals surface area contributed by atoms with Gasteiger partial charge in [-0.2, -0.15) is 0 Å². The van der Waals surface area contributed by atoms with Crippen molar-refractivity contribution in [2.24, 2.45) is 0 Å². The predicted octanol–water partition coefficient (Wildman–Crippen LogP) is 1.94. The van der Waals surface area contributed by atoms with E-state index >= 15 is 0 Å². The Hall–Kier alpha value is -2.09. The Balaban J connectivity index is 2.20. The van der Waals surface area contributed by atoms with Crippen LogP contribution in [0.5, 0.6) is 0 Å². The first-order valence-corrected chi connectivity index (χ1v) is 5.65. The first kappa shape index (κ1) is 10.1. The summed E-state index contributed by atoms with van der Waals surface area (Å²) in [6, 6.07) is 16.0. The van der Waals surface area contributed by atoms with Crippen molar-refractivity contribution >= 4 is 5.97 Å². The minimum atomic E-state index is -0.999. The van der Waals surface area contributed by atoms with E-state index in [0.717, 1.165) is 22.3 Å². The van der Waals surface area contributed by atoms with Crippen molar-refractivity contribution in [3.05, 3.63) is 59.7 Å². The molecule has 0 heterocycles. The maximum absolute atomic E-state index is 10.9. The molecule has 17 heavy (non-hydrogen) atoms. The molecule has 0 unspecified atom stereocenters. The van der Waals surface area contributed by atoms with Crippen LogP contribution in [0, 0.1) is 0 Å². The van der Waals surface area contributed by atoms with Gasteiger partial charge in [-0.05, 0) is 28.7 Å². The molecular weight excluding hydrogens is 212 g/mol. The highest BCUT2D eigenvalue weighted by atomic mass is 16.4. The zero-order valence-electron chi connectivity index (χ0n) is 9.22. The summed E-state index contributed by atoms with van der Waals surface area (Å²) in [5.41, 5.74) is 4.49. The van der Waals surface area contributed by atoms with Crippen molar-refractivity contribution in [1.82, 2.24) is 0 Å². The molecule has 0 N–H and O–H groups in total. The summed E-state index contributed by atoms with van der Waals surface area (Å²) >= 11 is 0. The van der Waals surface area contributed by atoms with Crippen LogP contribution in [0.2, 0.25) is 0 Å². The number of carboxylic acids is 1. The van der Waals surface area contributed by atoms with Crippen molar-refractivity contribution in [2.45, 2.75) is 12.3 Å². The van der Waals surface area contributed by atoms with Crippen LogP contribution in [0.3, 0.4) is 0 Å². The van der Waals surface area contributed by atoms with Gasteiger partial charge in [0.2, 0.25) is 0 Å². The Morgan fingerprint density at radius 3 is 1.88 bits per heavy atom. The molecule has 0 spiro atoms. The monoisotopic (exact) mass is 223 g/mol. The molecular formula is C15H11O2-. The molecule has 0 bridgehead atoms. The number of carbonyl (C=O) groups is 1. The second kappa shape index (κ2) is 3.74. The van der Waals surface area contributed by atoms with Crippen molar-refractivity contribution in [3.63, 3.8) is 0 Å². The highest BCUT2D eigenvalue weighted by molar-refractivity contribution is 5.81. The molecule has 0 aliphatic heterocycles. The molecule has 3 rings (SSSR count). The van der Waals surface area contributed by atoms with Crippen molar-refractivity contribution in [3.8, 4) is 11.1 Å². The quantitative estimate of drug-likeness (QED) is 0.780. The van der Waals surface area contributed by atoms with Gasteiger partial charge in [0.1, 0.15) is 0 Å². The van der Waals surface area contributed by atoms with E-state index in [1.807, 2.05) is 48.5 Å². The molecule has 1 aliphatic rings. The molecule has 2 heteroatoms. The second-order valence-corrected chi connectivity index (χ2v) is 4.30. The number of hydrogen-bond acceptors (Lipinski definition) is 2. The van der Waals surface area contributed by atoms with E-state index in [1.54, 1.807) is 0 Å². The lowest BCUT2D eigenvalue weighted by atomic mass is 9.94. The Kier molecular flexibility index (Phi) is 2.22. The first-order valence-electron chi connectivity index (χ1n) is 5.65. The van der Waals surface area contributed by atoms with E-state index in [9.17, 15) is 9.90 Å². The SMILES string of the molecule is O=C([O-])CC1c2ccccc2-c2ccccc21. The van der Waals surface area contributed by atoms with E-state index in [-0.39, 0.29) is 12.3 Å². The summed E-state index contributed by atoms with van der Waals surface area (Å²) in [4.78, 5) is 10.9. The van der Waals surface area contributed by atoms with Gasteiger partial charge in [-0.25, -0.2) is 0 Å². The Morgan fingerprint density at radius 2 is 1.41 bits per heavy atom. The Bertz CT molecular complexity index is 541. The van der Waals surface area contributed by atoms with Gasteiger partial charge in [0, 0.05) is 11.9 Å². The highest BCUT2D eigenvalue weighted by Crippen LogP contribution is 2.45. The van der Waals surface area contributed by atoms with Gasteiger partial charge in [-0.3, -0.25) is 0 Å². The van der Waals surface area contributed by atoms with Crippen LogP contribution in [0.25, 0.3) is 11.1 Å². The van der Waals surface area contributed by atoms with Crippen molar-refractivity contribution in [1.29, 1.82) is 0 Å². The summed E-state index contributed by atoms with van der Waals surface area (Å²) < 4.78 is 0. The van der Waals surface area contributed by atoms with Gasteiger partial charge in [-0.15, -0.1) is 0 Å². The third-order valence-corrected chi connectivity index (χ3v) is 3.33. The number of rotatable bonds is 2. The first-order chi connectivity index (χ1) is 8.27. The average molecular weight is 223 g/mol. The fraction of sp³-hybridized carbons (Fsp3) is 0.133. The molecule has 84 valence electrons. The molecule has 1 aliphatic carbocycles. The number of hydrogen-bond donors (Lipinski definition) is 0. The van der Waals surface area contributed by atoms with Gasteiger partial charge in [0.15, 0.2) is 0 Å². The topological polar surface area (TPSA) is 40.1 Å². The van der Waals surface area contributed by atoms with E-state index in [0.29, 0.717) is 0 Å². The summed E-state index contributed by atoms with van der Waals surface area (Å²) in [5, 5.41) is 10.9. The van der Waals surface area contributed by atoms with Gasteiger partial charge >= 0.3 is 0 Å². The minimum Gasteiger partial charge on any atom is -0.550 e. The van der Waals surface area contributed by atoms with Crippen LogP contribution in [-0.2, 0) is 4.79 Å². The molecule has 0 fully saturated rings. The van der Waals surface area contributed by atoms with E-state index in [2.05, 4.69) is 0 Å². The normalized spacial score (nSPS) is 13.2. The fourth-order valence-corrected chi connectivity index (χ4v) is 2.65. The number of fused-ring (bicyclic) bond motifs is 3. The van der Waals surface area contributed by atoms with Gasteiger partial charge in [0.25, 0.3) is 0 Å². The molecule has 0 saturated heterocycles. The lowest BCUT2D eigenvalue weighted by molar-refractivity contribution is -0.305. The summed E-state index contributed by atoms with van der Waals surface area (Å²) in [6.45, 7) is 0. The van der Waals surface area contributed by atoms with Crippen LogP contribution in [0.1, 0.15) is 23.5 Å². The molecule has 0 saturated carbocycles. The lowest BCUT2D eigenvalue weighted by Gasteiger charge is -2.13. The molecule has 2 nitrogen and oxygen atoms in total. The third kappa shape index (κ3) is 1.53. The third-order valence-electron chi connectivity index (χ3n) is 3.33. The Morgan fingerprint density at radius 1 is 0.941 bits per heavy atom. The number of carboxylic acid groups (broad SMARTS) is 1. The van der Waals surface area contributed by atoms with Gasteiger partial charge in [-0.1, -0.05) is 48.5 Å². The second-order valence-electron chi connectivity index (χ2n) is 4.30. The van der Waals surface area contributed by atoms with Crippen LogP contribution in [0.15, 0.2) is 48.5 Å². The number of carbonyl (C=O) groups excluding carboxylic acids is 1. The molecule has 0 radical (unpaired) electrons. The number of benzene rings is 2. The van der Waals surface area contributed by atoms with Crippen molar-refractivity contribution in [2.75, 3.05) is 0 Å². The smallest absolute Gasteiger partial charge is 0.0423 e. The maximum atomic E-state index is 10.9. The maximum Gasteiger partial charge on any atom is 0.0423 e. The molecule has 2 aromatic rings. The van der Waals surface area contributed by atoms with Crippen LogP contribution >= 0.6 is 0 Å². The highest BCUT2D eigenvalue weighted by Gasteiger charge is 2.27. The summed E-state index contributed by atoms with van der Waals surface area (Å²) in [7, 11) is 0. The fourth-order valence-electron chi connectivity index (χ4n) is 2.65. The van der Waals surface area contributed by atoms with Gasteiger partial charge < -0.3 is 9.90 Å². The largest absolute Gasteiger partial charge is 0.550 e. The number of aliphatic carboxylic acids is 1. The van der Waals surface area contributed by atoms with Gasteiger partial charge in [0.05, 0.1) is 0 Å². The van der Waals surface area contributed by atoms with Crippen LogP contribution in [-0.4, -0.2) is 5.97 Å².